The van der Waals surface area contributed by atoms with E-state index in [4.69, 9.17) is 14.5 Å². The van der Waals surface area contributed by atoms with Gasteiger partial charge < -0.3 is 24.8 Å². The predicted molar refractivity (Wildman–Crippen MR) is 142 cm³/mol. The number of rotatable bonds is 5. The summed E-state index contributed by atoms with van der Waals surface area (Å²) in [6.45, 7) is 5.76. The molecule has 2 aliphatic rings. The first-order valence-corrected chi connectivity index (χ1v) is 12.5. The van der Waals surface area contributed by atoms with Crippen molar-refractivity contribution in [1.29, 1.82) is 0 Å². The minimum absolute atomic E-state index is 0.258. The smallest absolute Gasteiger partial charge is 0.407 e. The average molecular weight is 514 g/mol. The molecule has 0 radical (unpaired) electrons. The Kier molecular flexibility index (Phi) is 6.02. The molecule has 0 spiro atoms. The largest absolute Gasteiger partial charge is 0.487 e. The van der Waals surface area contributed by atoms with E-state index in [1.807, 2.05) is 43.3 Å². The van der Waals surface area contributed by atoms with E-state index in [9.17, 15) is 9.90 Å². The van der Waals surface area contributed by atoms with Crippen LogP contribution in [0.5, 0.6) is 17.2 Å². The first-order chi connectivity index (χ1) is 18.5. The summed E-state index contributed by atoms with van der Waals surface area (Å²) < 4.78 is 12.0. The van der Waals surface area contributed by atoms with E-state index in [0.29, 0.717) is 53.8 Å². The first kappa shape index (κ1) is 23.7. The van der Waals surface area contributed by atoms with Gasteiger partial charge in [0, 0.05) is 37.1 Å². The fraction of sp³-hybridized carbons (Fsp3) is 0.296. The number of nitrogens with one attached hydrogen (secondary N) is 1. The Morgan fingerprint density at radius 1 is 1.18 bits per heavy atom. The zero-order valence-corrected chi connectivity index (χ0v) is 21.1. The molecular formula is C27H27N7O4. The van der Waals surface area contributed by atoms with E-state index in [1.54, 1.807) is 6.20 Å². The summed E-state index contributed by atoms with van der Waals surface area (Å²) in [5.74, 6) is 3.26. The van der Waals surface area contributed by atoms with Crippen LogP contribution in [-0.2, 0) is 6.42 Å². The number of piperazine rings is 1. The van der Waals surface area contributed by atoms with Gasteiger partial charge in [0.05, 0.1) is 17.8 Å². The summed E-state index contributed by atoms with van der Waals surface area (Å²) in [6.07, 6.45) is 3.17. The lowest BCUT2D eigenvalue weighted by molar-refractivity contribution is 0.101. The molecule has 11 nitrogen and oxygen atoms in total. The fourth-order valence-electron chi connectivity index (χ4n) is 4.80. The van der Waals surface area contributed by atoms with Crippen LogP contribution >= 0.6 is 0 Å². The highest BCUT2D eigenvalue weighted by Gasteiger charge is 2.35. The molecule has 2 bridgehead atoms. The average Bonchev–Trinajstić information content (AvgIpc) is 3.05. The molecule has 38 heavy (non-hydrogen) atoms. The van der Waals surface area contributed by atoms with Gasteiger partial charge in [-0.1, -0.05) is 6.92 Å². The van der Waals surface area contributed by atoms with Crippen LogP contribution in [0.25, 0.3) is 11.0 Å². The molecule has 1 fully saturated rings. The predicted octanol–water partition coefficient (Wildman–Crippen LogP) is 4.39. The number of fused-ring (bicyclic) bond motifs is 5. The van der Waals surface area contributed by atoms with E-state index < -0.39 is 6.09 Å². The van der Waals surface area contributed by atoms with Crippen molar-refractivity contribution in [3.63, 3.8) is 0 Å². The van der Waals surface area contributed by atoms with Crippen LogP contribution in [0, 0.1) is 6.92 Å². The number of ether oxygens (including phenoxy) is 2. The molecular weight excluding hydrogens is 486 g/mol. The Balaban J connectivity index is 1.26. The number of carbonyl (C=O) groups is 1. The summed E-state index contributed by atoms with van der Waals surface area (Å²) in [6, 6.07) is 11.3. The van der Waals surface area contributed by atoms with Crippen LogP contribution in [0.4, 0.5) is 22.1 Å². The number of hydrogen-bond acceptors (Lipinski definition) is 9. The number of aryl methyl sites for hydroxylation is 2. The fourth-order valence-corrected chi connectivity index (χ4v) is 4.80. The molecule has 3 aromatic heterocycles. The van der Waals surface area contributed by atoms with Crippen molar-refractivity contribution in [2.24, 2.45) is 0 Å². The number of amides is 1. The molecule has 1 aromatic carbocycles. The van der Waals surface area contributed by atoms with Crippen LogP contribution in [0.1, 0.15) is 18.2 Å². The normalized spacial score (nSPS) is 16.4. The Labute approximate surface area is 219 Å². The Bertz CT molecular complexity index is 1510. The summed E-state index contributed by atoms with van der Waals surface area (Å²) in [4.78, 5) is 33.2. The first-order valence-electron chi connectivity index (χ1n) is 12.5. The van der Waals surface area contributed by atoms with Crippen LogP contribution in [0.3, 0.4) is 0 Å². The maximum Gasteiger partial charge on any atom is 0.407 e. The number of hydrogen-bond donors (Lipinski definition) is 2. The second-order valence-corrected chi connectivity index (χ2v) is 9.33. The number of carboxylic acid groups (broad SMARTS) is 1. The summed E-state index contributed by atoms with van der Waals surface area (Å²) in [7, 11) is 0. The highest BCUT2D eigenvalue weighted by atomic mass is 16.5. The molecule has 0 saturated carbocycles. The molecule has 194 valence electrons. The third kappa shape index (κ3) is 4.47. The van der Waals surface area contributed by atoms with Crippen LogP contribution in [-0.4, -0.2) is 68.3 Å². The van der Waals surface area contributed by atoms with Crippen molar-refractivity contribution < 1.29 is 19.4 Å². The number of nitrogens with zero attached hydrogens (tertiary/aromatic N) is 6. The lowest BCUT2D eigenvalue weighted by Crippen LogP contribution is -2.56. The molecule has 11 heteroatoms. The zero-order chi connectivity index (χ0) is 26.2. The summed E-state index contributed by atoms with van der Waals surface area (Å²) >= 11 is 0. The van der Waals surface area contributed by atoms with Crippen LogP contribution in [0.15, 0.2) is 48.9 Å². The summed E-state index contributed by atoms with van der Waals surface area (Å²) in [5.41, 5.74) is 4.04. The van der Waals surface area contributed by atoms with Crippen LogP contribution < -0.4 is 19.7 Å². The number of pyridine rings is 2. The molecule has 6 rings (SSSR count). The van der Waals surface area contributed by atoms with E-state index >= 15 is 0 Å². The SMILES string of the molecule is CCc1ccc(Oc2ccc(Nc3ncnc4cc5c(nc34)N3CCN(C(=O)O)[C@H](CO5)C3)cc2C)cn1. The molecule has 2 N–H and O–H groups in total. The molecule has 0 aliphatic carbocycles. The van der Waals surface area contributed by atoms with Crippen LogP contribution in [0.2, 0.25) is 0 Å². The highest BCUT2D eigenvalue weighted by molar-refractivity contribution is 5.90. The van der Waals surface area contributed by atoms with Gasteiger partial charge >= 0.3 is 6.09 Å². The molecule has 4 aromatic rings. The molecule has 1 amide bonds. The lowest BCUT2D eigenvalue weighted by Gasteiger charge is -2.37. The van der Waals surface area contributed by atoms with Gasteiger partial charge in [-0.15, -0.1) is 0 Å². The van der Waals surface area contributed by atoms with Gasteiger partial charge in [-0.05, 0) is 49.2 Å². The zero-order valence-electron chi connectivity index (χ0n) is 21.1. The number of benzene rings is 1. The number of aromatic nitrogens is 4. The van der Waals surface area contributed by atoms with Gasteiger partial charge in [0.25, 0.3) is 0 Å². The maximum absolute atomic E-state index is 11.6. The molecule has 1 atom stereocenters. The van der Waals surface area contributed by atoms with Crippen molar-refractivity contribution in [2.45, 2.75) is 26.3 Å². The Morgan fingerprint density at radius 2 is 2.08 bits per heavy atom. The minimum Gasteiger partial charge on any atom is -0.487 e. The second-order valence-electron chi connectivity index (χ2n) is 9.33. The van der Waals surface area contributed by atoms with Gasteiger partial charge in [0.1, 0.15) is 29.9 Å². The third-order valence-corrected chi connectivity index (χ3v) is 6.84. The monoisotopic (exact) mass is 513 g/mol. The maximum atomic E-state index is 11.6. The quantitative estimate of drug-likeness (QED) is 0.397. The third-order valence-electron chi connectivity index (χ3n) is 6.84. The topological polar surface area (TPSA) is 126 Å². The van der Waals surface area contributed by atoms with E-state index in [2.05, 4.69) is 32.1 Å². The van der Waals surface area contributed by atoms with Gasteiger partial charge in [0.15, 0.2) is 17.4 Å². The Hall–Kier alpha value is -4.67. The second kappa shape index (κ2) is 9.66. The van der Waals surface area contributed by atoms with Crippen molar-refractivity contribution in [2.75, 3.05) is 36.5 Å². The Morgan fingerprint density at radius 3 is 2.84 bits per heavy atom. The lowest BCUT2D eigenvalue weighted by atomic mass is 10.2. The molecule has 5 heterocycles. The highest BCUT2D eigenvalue weighted by Crippen LogP contribution is 2.36. The number of anilines is 3. The van der Waals surface area contributed by atoms with Crippen molar-refractivity contribution in [1.82, 2.24) is 24.8 Å². The molecule has 0 unspecified atom stereocenters. The van der Waals surface area contributed by atoms with Gasteiger partial charge in [-0.3, -0.25) is 9.88 Å². The molecule has 1 saturated heterocycles. The van der Waals surface area contributed by atoms with Crippen molar-refractivity contribution in [3.8, 4) is 17.2 Å². The van der Waals surface area contributed by atoms with E-state index in [-0.39, 0.29) is 12.6 Å². The van der Waals surface area contributed by atoms with Gasteiger partial charge in [-0.25, -0.2) is 19.7 Å². The molecule has 2 aliphatic heterocycles. The van der Waals surface area contributed by atoms with Gasteiger partial charge in [-0.2, -0.15) is 0 Å². The standard InChI is InChI=1S/C27H27N7O4/c1-3-17-4-6-20(12-28-17)38-22-7-5-18(10-16(22)2)31-25-24-21(29-15-30-25)11-23-26(32-24)33-8-9-34(27(35)36)19(13-33)14-37-23/h4-7,10-12,15,19H,3,8-9,13-14H2,1-2H3,(H,35,36)(H,29,30,31)/t19-/m0/s1. The summed E-state index contributed by atoms with van der Waals surface area (Å²) in [5, 5.41) is 12.9. The van der Waals surface area contributed by atoms with E-state index in [1.165, 1.54) is 11.2 Å². The van der Waals surface area contributed by atoms with Gasteiger partial charge in [0.2, 0.25) is 0 Å². The van der Waals surface area contributed by atoms with E-state index in [0.717, 1.165) is 29.1 Å². The van der Waals surface area contributed by atoms with Crippen molar-refractivity contribution in [3.05, 3.63) is 60.2 Å². The van der Waals surface area contributed by atoms with Crippen molar-refractivity contribution >= 4 is 34.4 Å². The minimum atomic E-state index is -0.933.